The van der Waals surface area contributed by atoms with Crippen LogP contribution >= 0.6 is 0 Å². The number of hydrogen-bond acceptors (Lipinski definition) is 5. The number of nitrogens with zero attached hydrogens (tertiary/aromatic N) is 2. The smallest absolute Gasteiger partial charge is 0.255 e. The zero-order valence-corrected chi connectivity index (χ0v) is 17.7. The van der Waals surface area contributed by atoms with E-state index in [1.54, 1.807) is 25.3 Å². The van der Waals surface area contributed by atoms with Gasteiger partial charge in [-0.2, -0.15) is 0 Å². The van der Waals surface area contributed by atoms with Crippen LogP contribution in [0.25, 0.3) is 11.0 Å². The van der Waals surface area contributed by atoms with E-state index in [0.29, 0.717) is 36.6 Å². The number of rotatable bonds is 7. The van der Waals surface area contributed by atoms with Crippen LogP contribution in [0.5, 0.6) is 5.75 Å². The highest BCUT2D eigenvalue weighted by atomic mass is 16.5. The van der Waals surface area contributed by atoms with Crippen LogP contribution in [0, 0.1) is 0 Å². The fraction of sp³-hybridized carbons (Fsp3) is 0.348. The number of imidazole rings is 1. The summed E-state index contributed by atoms with van der Waals surface area (Å²) in [5.41, 5.74) is 2.95. The predicted octanol–water partition coefficient (Wildman–Crippen LogP) is 2.67. The number of ether oxygens (including phenoxy) is 2. The molecule has 1 saturated heterocycles. The Balaban J connectivity index is 1.40. The first-order valence-corrected chi connectivity index (χ1v) is 10.4. The minimum Gasteiger partial charge on any atom is -0.496 e. The van der Waals surface area contributed by atoms with Crippen molar-refractivity contribution in [2.45, 2.75) is 25.4 Å². The Morgan fingerprint density at radius 1 is 1.26 bits per heavy atom. The summed E-state index contributed by atoms with van der Waals surface area (Å²) >= 11 is 0. The summed E-state index contributed by atoms with van der Waals surface area (Å²) in [7, 11) is 3.49. The first kappa shape index (κ1) is 20.9. The lowest BCUT2D eigenvalue weighted by Gasteiger charge is -2.10. The van der Waals surface area contributed by atoms with E-state index < -0.39 is 0 Å². The number of hydrogen-bond donors (Lipinski definition) is 2. The van der Waals surface area contributed by atoms with Gasteiger partial charge in [-0.15, -0.1) is 0 Å². The molecule has 3 aromatic rings. The standard InChI is InChI=1S/C23H26N4O4/c1-27-18-10-9-15(25-23(29)20-8-5-13-31-20)14-17(18)26-21(27)11-12-24-22(28)16-6-3-4-7-19(16)30-2/h3-4,6-7,9-10,14,20H,5,8,11-13H2,1-2H3,(H,24,28)(H,25,29). The number of carbonyl (C=O) groups is 2. The maximum absolute atomic E-state index is 12.5. The molecule has 1 atom stereocenters. The van der Waals surface area contributed by atoms with Crippen molar-refractivity contribution >= 4 is 28.5 Å². The van der Waals surface area contributed by atoms with Crippen LogP contribution in [0.4, 0.5) is 5.69 Å². The Morgan fingerprint density at radius 3 is 2.87 bits per heavy atom. The maximum Gasteiger partial charge on any atom is 0.255 e. The van der Waals surface area contributed by atoms with Crippen LogP contribution < -0.4 is 15.4 Å². The van der Waals surface area contributed by atoms with Crippen molar-refractivity contribution in [2.75, 3.05) is 25.6 Å². The summed E-state index contributed by atoms with van der Waals surface area (Å²) < 4.78 is 12.7. The molecule has 2 heterocycles. The molecule has 162 valence electrons. The second kappa shape index (κ2) is 9.18. The first-order chi connectivity index (χ1) is 15.1. The van der Waals surface area contributed by atoms with E-state index in [2.05, 4.69) is 15.6 Å². The summed E-state index contributed by atoms with van der Waals surface area (Å²) in [4.78, 5) is 29.4. The summed E-state index contributed by atoms with van der Waals surface area (Å²) in [5, 5.41) is 5.83. The number of nitrogens with one attached hydrogen (secondary N) is 2. The topological polar surface area (TPSA) is 94.5 Å². The molecule has 0 aliphatic carbocycles. The van der Waals surface area contributed by atoms with E-state index in [1.807, 2.05) is 35.9 Å². The van der Waals surface area contributed by atoms with Gasteiger partial charge in [-0.3, -0.25) is 9.59 Å². The first-order valence-electron chi connectivity index (χ1n) is 10.4. The Labute approximate surface area is 180 Å². The van der Waals surface area contributed by atoms with Gasteiger partial charge in [0.1, 0.15) is 17.7 Å². The summed E-state index contributed by atoms with van der Waals surface area (Å²) in [5.74, 6) is 1.08. The largest absolute Gasteiger partial charge is 0.496 e. The number of anilines is 1. The highest BCUT2D eigenvalue weighted by molar-refractivity contribution is 5.97. The van der Waals surface area contributed by atoms with Crippen LogP contribution in [0.15, 0.2) is 42.5 Å². The molecular weight excluding hydrogens is 396 g/mol. The van der Waals surface area contributed by atoms with Gasteiger partial charge in [0.15, 0.2) is 0 Å². The van der Waals surface area contributed by atoms with Crippen molar-refractivity contribution < 1.29 is 19.1 Å². The van der Waals surface area contributed by atoms with Crippen molar-refractivity contribution in [3.05, 3.63) is 53.9 Å². The molecule has 0 bridgehead atoms. The third kappa shape index (κ3) is 4.54. The minimum atomic E-state index is -0.373. The molecule has 8 nitrogen and oxygen atoms in total. The van der Waals surface area contributed by atoms with Gasteiger partial charge in [0.05, 0.1) is 23.7 Å². The van der Waals surface area contributed by atoms with Crippen LogP contribution in [0.1, 0.15) is 29.0 Å². The fourth-order valence-electron chi connectivity index (χ4n) is 3.77. The van der Waals surface area contributed by atoms with Crippen LogP contribution in [0.2, 0.25) is 0 Å². The monoisotopic (exact) mass is 422 g/mol. The van der Waals surface area contributed by atoms with Crippen molar-refractivity contribution in [3.8, 4) is 5.75 Å². The molecule has 31 heavy (non-hydrogen) atoms. The molecule has 0 saturated carbocycles. The lowest BCUT2D eigenvalue weighted by molar-refractivity contribution is -0.124. The molecule has 1 aromatic heterocycles. The minimum absolute atomic E-state index is 0.118. The van der Waals surface area contributed by atoms with Crippen molar-refractivity contribution in [3.63, 3.8) is 0 Å². The van der Waals surface area contributed by atoms with Gasteiger partial charge in [-0.05, 0) is 43.2 Å². The normalized spacial score (nSPS) is 15.7. The van der Waals surface area contributed by atoms with Crippen LogP contribution in [-0.4, -0.2) is 47.7 Å². The van der Waals surface area contributed by atoms with Crippen molar-refractivity contribution in [1.29, 1.82) is 0 Å². The highest BCUT2D eigenvalue weighted by Gasteiger charge is 2.23. The quantitative estimate of drug-likeness (QED) is 0.611. The molecule has 8 heteroatoms. The number of carbonyl (C=O) groups excluding carboxylic acids is 2. The van der Waals surface area contributed by atoms with E-state index in [0.717, 1.165) is 29.7 Å². The number of aromatic nitrogens is 2. The second-order valence-electron chi connectivity index (χ2n) is 7.49. The van der Waals surface area contributed by atoms with Gasteiger partial charge >= 0.3 is 0 Å². The van der Waals surface area contributed by atoms with Crippen molar-refractivity contribution in [2.24, 2.45) is 7.05 Å². The van der Waals surface area contributed by atoms with Crippen molar-refractivity contribution in [1.82, 2.24) is 14.9 Å². The molecule has 4 rings (SSSR count). The molecule has 1 unspecified atom stereocenters. The SMILES string of the molecule is COc1ccccc1C(=O)NCCc1nc2cc(NC(=O)C3CCCO3)ccc2n1C. The molecule has 0 radical (unpaired) electrons. The van der Waals surface area contributed by atoms with Crippen LogP contribution in [-0.2, 0) is 23.0 Å². The van der Waals surface area contributed by atoms with E-state index in [4.69, 9.17) is 9.47 Å². The Morgan fingerprint density at radius 2 is 2.10 bits per heavy atom. The number of para-hydroxylation sites is 1. The third-order valence-electron chi connectivity index (χ3n) is 5.45. The zero-order valence-electron chi connectivity index (χ0n) is 17.7. The number of aryl methyl sites for hydroxylation is 1. The molecule has 1 aliphatic rings. The van der Waals surface area contributed by atoms with Crippen LogP contribution in [0.3, 0.4) is 0 Å². The number of fused-ring (bicyclic) bond motifs is 1. The summed E-state index contributed by atoms with van der Waals surface area (Å²) in [6, 6.07) is 12.8. The van der Waals surface area contributed by atoms with E-state index in [9.17, 15) is 9.59 Å². The predicted molar refractivity (Wildman–Crippen MR) is 117 cm³/mol. The fourth-order valence-corrected chi connectivity index (χ4v) is 3.77. The van der Waals surface area contributed by atoms with E-state index in [-0.39, 0.29) is 17.9 Å². The molecule has 0 spiro atoms. The third-order valence-corrected chi connectivity index (χ3v) is 5.45. The molecule has 2 N–H and O–H groups in total. The lowest BCUT2D eigenvalue weighted by Crippen LogP contribution is -2.26. The number of amides is 2. The Bertz CT molecular complexity index is 1100. The highest BCUT2D eigenvalue weighted by Crippen LogP contribution is 2.22. The lowest BCUT2D eigenvalue weighted by atomic mass is 10.2. The summed E-state index contributed by atoms with van der Waals surface area (Å²) in [6.45, 7) is 1.07. The molecular formula is C23H26N4O4. The number of methoxy groups -OCH3 is 1. The van der Waals surface area contributed by atoms with Gasteiger partial charge < -0.3 is 24.7 Å². The molecule has 1 fully saturated rings. The zero-order chi connectivity index (χ0) is 21.8. The van der Waals surface area contributed by atoms with Gasteiger partial charge in [-0.1, -0.05) is 12.1 Å². The van der Waals surface area contributed by atoms with Gasteiger partial charge in [-0.25, -0.2) is 4.98 Å². The number of benzene rings is 2. The molecule has 2 aromatic carbocycles. The Hall–Kier alpha value is -3.39. The average Bonchev–Trinajstić information content (AvgIpc) is 3.42. The van der Waals surface area contributed by atoms with Gasteiger partial charge in [0, 0.05) is 32.3 Å². The molecule has 2 amide bonds. The maximum atomic E-state index is 12.5. The van der Waals surface area contributed by atoms with Gasteiger partial charge in [0.2, 0.25) is 0 Å². The second-order valence-corrected chi connectivity index (χ2v) is 7.49. The van der Waals surface area contributed by atoms with E-state index >= 15 is 0 Å². The Kier molecular flexibility index (Phi) is 6.18. The summed E-state index contributed by atoms with van der Waals surface area (Å²) in [6.07, 6.45) is 1.86. The van der Waals surface area contributed by atoms with Gasteiger partial charge in [0.25, 0.3) is 11.8 Å². The molecule has 1 aliphatic heterocycles. The van der Waals surface area contributed by atoms with E-state index in [1.165, 1.54) is 0 Å². The average molecular weight is 422 g/mol.